The Bertz CT molecular complexity index is 662. The second kappa shape index (κ2) is 5.66. The second-order valence-corrected chi connectivity index (χ2v) is 5.99. The third-order valence-electron chi connectivity index (χ3n) is 4.08. The highest BCUT2D eigenvalue weighted by molar-refractivity contribution is 9.09. The Morgan fingerprint density at radius 3 is 2.80 bits per heavy atom. The van der Waals surface area contributed by atoms with E-state index in [0.717, 1.165) is 48.8 Å². The second-order valence-electron chi connectivity index (χ2n) is 5.43. The molecule has 4 nitrogen and oxygen atoms in total. The van der Waals surface area contributed by atoms with Crippen LogP contribution >= 0.6 is 15.9 Å². The van der Waals surface area contributed by atoms with Gasteiger partial charge in [-0.1, -0.05) is 28.1 Å². The minimum absolute atomic E-state index is 0.0169. The summed E-state index contributed by atoms with van der Waals surface area (Å²) in [4.78, 5) is 11.9. The van der Waals surface area contributed by atoms with Gasteiger partial charge in [-0.3, -0.25) is 9.48 Å². The van der Waals surface area contributed by atoms with Crippen molar-refractivity contribution in [3.8, 4) is 0 Å². The van der Waals surface area contributed by atoms with Gasteiger partial charge in [0.25, 0.3) is 0 Å². The van der Waals surface area contributed by atoms with Crippen LogP contribution in [0.2, 0.25) is 0 Å². The van der Waals surface area contributed by atoms with Gasteiger partial charge in [0.15, 0.2) is 0 Å². The molecule has 0 N–H and O–H groups in total. The van der Waals surface area contributed by atoms with Crippen molar-refractivity contribution < 1.29 is 4.74 Å². The largest absolute Gasteiger partial charge is 0.381 e. The first kappa shape index (κ1) is 13.8. The number of rotatable bonds is 3. The zero-order valence-corrected chi connectivity index (χ0v) is 12.8. The molecule has 1 fully saturated rings. The number of hydrogen-bond donors (Lipinski definition) is 0. The fourth-order valence-electron chi connectivity index (χ4n) is 2.74. The van der Waals surface area contributed by atoms with E-state index in [1.807, 2.05) is 28.9 Å². The number of para-hydroxylation sites is 1. The molecule has 20 heavy (non-hydrogen) atoms. The average molecular weight is 337 g/mol. The van der Waals surface area contributed by atoms with E-state index >= 15 is 0 Å². The van der Waals surface area contributed by atoms with Crippen molar-refractivity contribution >= 4 is 26.8 Å². The van der Waals surface area contributed by atoms with Gasteiger partial charge in [0.05, 0.1) is 11.7 Å². The molecule has 0 amide bonds. The molecular weight excluding hydrogens is 320 g/mol. The Hall–Kier alpha value is -1.20. The van der Waals surface area contributed by atoms with Gasteiger partial charge in [-0.25, -0.2) is 0 Å². The van der Waals surface area contributed by atoms with Gasteiger partial charge >= 0.3 is 0 Å². The molecule has 0 bridgehead atoms. The first-order chi connectivity index (χ1) is 9.74. The zero-order valence-electron chi connectivity index (χ0n) is 11.2. The number of nitrogens with zero attached hydrogens (tertiary/aromatic N) is 2. The quantitative estimate of drug-likeness (QED) is 0.809. The van der Waals surface area contributed by atoms with E-state index in [4.69, 9.17) is 4.74 Å². The highest BCUT2D eigenvalue weighted by Gasteiger charge is 2.32. The van der Waals surface area contributed by atoms with Crippen LogP contribution in [0.5, 0.6) is 0 Å². The topological polar surface area (TPSA) is 44.1 Å². The van der Waals surface area contributed by atoms with Crippen LogP contribution in [0.1, 0.15) is 12.8 Å². The van der Waals surface area contributed by atoms with Gasteiger partial charge in [-0.15, -0.1) is 0 Å². The van der Waals surface area contributed by atoms with Crippen molar-refractivity contribution in [3.63, 3.8) is 0 Å². The first-order valence-electron chi connectivity index (χ1n) is 6.83. The van der Waals surface area contributed by atoms with Crippen molar-refractivity contribution in [3.05, 3.63) is 40.7 Å². The number of aromatic nitrogens is 2. The van der Waals surface area contributed by atoms with E-state index in [0.29, 0.717) is 0 Å². The molecule has 1 saturated heterocycles. The van der Waals surface area contributed by atoms with Crippen molar-refractivity contribution in [2.24, 2.45) is 5.41 Å². The Morgan fingerprint density at radius 2 is 2.05 bits per heavy atom. The van der Waals surface area contributed by atoms with E-state index in [9.17, 15) is 4.79 Å². The smallest absolute Gasteiger partial charge is 0.207 e. The van der Waals surface area contributed by atoms with Gasteiger partial charge in [-0.2, -0.15) is 5.10 Å². The van der Waals surface area contributed by atoms with Crippen LogP contribution in [-0.2, 0) is 11.3 Å². The lowest BCUT2D eigenvalue weighted by atomic mass is 9.82. The summed E-state index contributed by atoms with van der Waals surface area (Å²) in [6, 6.07) is 7.67. The highest BCUT2D eigenvalue weighted by Crippen LogP contribution is 2.34. The molecular formula is C15H17BrN2O2. The number of fused-ring (bicyclic) bond motifs is 1. The van der Waals surface area contributed by atoms with Crippen molar-refractivity contribution in [2.75, 3.05) is 18.5 Å². The minimum Gasteiger partial charge on any atom is -0.381 e. The van der Waals surface area contributed by atoms with Crippen molar-refractivity contribution in [1.82, 2.24) is 9.78 Å². The van der Waals surface area contributed by atoms with Crippen LogP contribution in [0.3, 0.4) is 0 Å². The Morgan fingerprint density at radius 1 is 1.30 bits per heavy atom. The molecule has 0 atom stereocenters. The van der Waals surface area contributed by atoms with Gasteiger partial charge in [-0.05, 0) is 25.0 Å². The molecule has 1 aromatic carbocycles. The number of ether oxygens (including phenoxy) is 1. The Balaban J connectivity index is 2.02. The predicted octanol–water partition coefficient (Wildman–Crippen LogP) is 2.59. The summed E-state index contributed by atoms with van der Waals surface area (Å²) in [5.41, 5.74) is 1.05. The third-order valence-corrected chi connectivity index (χ3v) is 5.27. The normalized spacial score (nSPS) is 18.2. The summed E-state index contributed by atoms with van der Waals surface area (Å²) in [6.07, 6.45) is 3.45. The number of hydrogen-bond acceptors (Lipinski definition) is 3. The fourth-order valence-corrected chi connectivity index (χ4v) is 3.48. The molecule has 3 rings (SSSR count). The summed E-state index contributed by atoms with van der Waals surface area (Å²) in [7, 11) is 0. The van der Waals surface area contributed by atoms with Crippen molar-refractivity contribution in [2.45, 2.75) is 19.4 Å². The number of alkyl halides is 1. The predicted molar refractivity (Wildman–Crippen MR) is 82.3 cm³/mol. The number of halogens is 1. The molecule has 0 spiro atoms. The van der Waals surface area contributed by atoms with Gasteiger partial charge in [0.1, 0.15) is 0 Å². The van der Waals surface area contributed by atoms with Crippen molar-refractivity contribution in [1.29, 1.82) is 0 Å². The average Bonchev–Trinajstić information content (AvgIpc) is 2.51. The SMILES string of the molecule is O=c1cnn(CC2(CBr)CCOCC2)c2ccccc12. The third kappa shape index (κ3) is 2.52. The lowest BCUT2D eigenvalue weighted by Gasteiger charge is -2.36. The van der Waals surface area contributed by atoms with Gasteiger partial charge in [0, 0.05) is 35.9 Å². The monoisotopic (exact) mass is 336 g/mol. The van der Waals surface area contributed by atoms with Crippen LogP contribution in [0.15, 0.2) is 35.3 Å². The van der Waals surface area contributed by atoms with E-state index in [2.05, 4.69) is 21.0 Å². The molecule has 2 heterocycles. The molecule has 0 saturated carbocycles. The van der Waals surface area contributed by atoms with E-state index in [-0.39, 0.29) is 10.8 Å². The first-order valence-corrected chi connectivity index (χ1v) is 7.95. The maximum atomic E-state index is 11.9. The molecule has 0 unspecified atom stereocenters. The maximum Gasteiger partial charge on any atom is 0.207 e. The summed E-state index contributed by atoms with van der Waals surface area (Å²) in [6.45, 7) is 2.40. The molecule has 2 aromatic rings. The fraction of sp³-hybridized carbons (Fsp3) is 0.467. The zero-order chi connectivity index (χ0) is 14.0. The lowest BCUT2D eigenvalue weighted by Crippen LogP contribution is -2.36. The van der Waals surface area contributed by atoms with E-state index < -0.39 is 0 Å². The number of benzene rings is 1. The van der Waals surface area contributed by atoms with E-state index in [1.165, 1.54) is 6.20 Å². The molecule has 106 valence electrons. The van der Waals surface area contributed by atoms with Gasteiger partial charge in [0.2, 0.25) is 5.43 Å². The highest BCUT2D eigenvalue weighted by atomic mass is 79.9. The van der Waals surface area contributed by atoms with Crippen LogP contribution in [0.4, 0.5) is 0 Å². The Labute approximate surface area is 125 Å². The summed E-state index contributed by atoms with van der Waals surface area (Å²) >= 11 is 3.65. The molecule has 0 radical (unpaired) electrons. The lowest BCUT2D eigenvalue weighted by molar-refractivity contribution is 0.0174. The Kier molecular flexibility index (Phi) is 3.89. The molecule has 5 heteroatoms. The van der Waals surface area contributed by atoms with Crippen LogP contribution in [0, 0.1) is 5.41 Å². The van der Waals surface area contributed by atoms with Gasteiger partial charge < -0.3 is 4.74 Å². The van der Waals surface area contributed by atoms with Crippen LogP contribution in [-0.4, -0.2) is 28.3 Å². The maximum absolute atomic E-state index is 11.9. The molecule has 1 aromatic heterocycles. The minimum atomic E-state index is -0.0169. The molecule has 0 aliphatic carbocycles. The summed E-state index contributed by atoms with van der Waals surface area (Å²) < 4.78 is 7.43. The van der Waals surface area contributed by atoms with Crippen LogP contribution in [0.25, 0.3) is 10.9 Å². The van der Waals surface area contributed by atoms with Crippen LogP contribution < -0.4 is 5.43 Å². The molecule has 1 aliphatic rings. The standard InChI is InChI=1S/C15H17BrN2O2/c16-10-15(5-7-20-8-6-15)11-18-13-4-2-1-3-12(13)14(19)9-17-18/h1-4,9H,5-8,10-11H2. The summed E-state index contributed by atoms with van der Waals surface area (Å²) in [5.74, 6) is 0. The summed E-state index contributed by atoms with van der Waals surface area (Å²) in [5, 5.41) is 5.99. The van der Waals surface area contributed by atoms with E-state index in [1.54, 1.807) is 0 Å². The molecule has 1 aliphatic heterocycles.